The minimum absolute atomic E-state index is 0.394. The van der Waals surface area contributed by atoms with E-state index in [1.807, 2.05) is 24.5 Å². The Bertz CT molecular complexity index is 1820. The van der Waals surface area contributed by atoms with Crippen LogP contribution in [0.25, 0.3) is 22.0 Å². The van der Waals surface area contributed by atoms with Crippen molar-refractivity contribution < 1.29 is 4.74 Å². The van der Waals surface area contributed by atoms with Gasteiger partial charge in [0.15, 0.2) is 0 Å². The average molecular weight is 606 g/mol. The number of hydrogen-bond acceptors (Lipinski definition) is 7. The molecule has 5 heterocycles. The summed E-state index contributed by atoms with van der Waals surface area (Å²) in [6.07, 6.45) is 5.17. The lowest BCUT2D eigenvalue weighted by atomic mass is 10.0. The van der Waals surface area contributed by atoms with Gasteiger partial charge in [-0.3, -0.25) is 0 Å². The van der Waals surface area contributed by atoms with Crippen LogP contribution in [0.5, 0.6) is 6.01 Å². The Balaban J connectivity index is 1.15. The van der Waals surface area contributed by atoms with E-state index in [2.05, 4.69) is 74.8 Å². The third-order valence-corrected chi connectivity index (χ3v) is 9.83. The van der Waals surface area contributed by atoms with Crippen molar-refractivity contribution in [3.63, 3.8) is 0 Å². The number of benzene rings is 3. The van der Waals surface area contributed by atoms with Crippen molar-refractivity contribution in [1.82, 2.24) is 24.4 Å². The maximum atomic E-state index is 6.75. The number of fused-ring (bicyclic) bond motifs is 3. The number of likely N-dealkylation sites (tertiary alicyclic amines) is 1. The molecule has 3 aliphatic heterocycles. The van der Waals surface area contributed by atoms with Crippen molar-refractivity contribution in [3.05, 3.63) is 95.0 Å². The highest BCUT2D eigenvalue weighted by Crippen LogP contribution is 2.38. The second-order valence-electron chi connectivity index (χ2n) is 12.2. The zero-order valence-corrected chi connectivity index (χ0v) is 25.7. The van der Waals surface area contributed by atoms with Crippen LogP contribution >= 0.6 is 11.6 Å². The Morgan fingerprint density at radius 2 is 1.75 bits per heavy atom. The molecule has 224 valence electrons. The molecule has 0 bridgehead atoms. The van der Waals surface area contributed by atoms with Crippen LogP contribution in [0.2, 0.25) is 5.02 Å². The van der Waals surface area contributed by atoms with Gasteiger partial charge in [-0.2, -0.15) is 9.97 Å². The molecular formula is C35H36ClN7O. The molecule has 0 spiro atoms. The van der Waals surface area contributed by atoms with Crippen LogP contribution in [0, 0.1) is 0 Å². The first kappa shape index (κ1) is 27.4. The Kier molecular flexibility index (Phi) is 7.11. The molecule has 1 fully saturated rings. The lowest BCUT2D eigenvalue weighted by Crippen LogP contribution is -2.38. The molecule has 8 rings (SSSR count). The van der Waals surface area contributed by atoms with Crippen molar-refractivity contribution in [3.8, 4) is 17.3 Å². The van der Waals surface area contributed by atoms with E-state index in [0.29, 0.717) is 25.2 Å². The van der Waals surface area contributed by atoms with Crippen molar-refractivity contribution in [2.75, 3.05) is 43.1 Å². The number of hydrogen-bond donors (Lipinski definition) is 0. The normalized spacial score (nSPS) is 18.5. The summed E-state index contributed by atoms with van der Waals surface area (Å²) in [7, 11) is 2.18. The molecule has 0 saturated carbocycles. The largest absolute Gasteiger partial charge is 0.462 e. The molecule has 0 aliphatic carbocycles. The standard InChI is InChI=1S/C35H36ClN7O/c1-40-16-7-12-26(40)22-44-35-38-29-20-41(30-14-6-11-24-10-5-13-28(36)32(24)30)17-15-27(29)34(39-35)42-18-19-43-23-37-33(31(43)21-42)25-8-3-2-4-9-25/h2-6,8-11,13-14,23,26H,7,12,15-22H2,1H3/t26-/m0/s1. The second-order valence-corrected chi connectivity index (χ2v) is 12.6. The smallest absolute Gasteiger partial charge is 0.318 e. The molecular weight excluding hydrogens is 570 g/mol. The number of likely N-dealkylation sites (N-methyl/N-ethyl adjacent to an activating group) is 1. The maximum absolute atomic E-state index is 6.75. The summed E-state index contributed by atoms with van der Waals surface area (Å²) in [4.78, 5) is 22.2. The summed E-state index contributed by atoms with van der Waals surface area (Å²) in [5, 5.41) is 3.01. The molecule has 3 aromatic carbocycles. The van der Waals surface area contributed by atoms with Gasteiger partial charge in [-0.25, -0.2) is 4.98 Å². The molecule has 44 heavy (non-hydrogen) atoms. The van der Waals surface area contributed by atoms with Gasteiger partial charge in [0, 0.05) is 47.9 Å². The Morgan fingerprint density at radius 1 is 0.886 bits per heavy atom. The molecule has 1 atom stereocenters. The molecule has 0 amide bonds. The van der Waals surface area contributed by atoms with E-state index >= 15 is 0 Å². The topological polar surface area (TPSA) is 62.6 Å². The summed E-state index contributed by atoms with van der Waals surface area (Å²) in [6.45, 7) is 5.70. The van der Waals surface area contributed by atoms with E-state index in [-0.39, 0.29) is 0 Å². The quantitative estimate of drug-likeness (QED) is 0.228. The number of anilines is 2. The van der Waals surface area contributed by atoms with Crippen LogP contribution in [-0.2, 0) is 26.1 Å². The lowest BCUT2D eigenvalue weighted by Gasteiger charge is -2.36. The summed E-state index contributed by atoms with van der Waals surface area (Å²) < 4.78 is 8.67. The fraction of sp³-hybridized carbons (Fsp3) is 0.343. The third-order valence-electron chi connectivity index (χ3n) is 9.52. The van der Waals surface area contributed by atoms with E-state index in [1.54, 1.807) is 0 Å². The zero-order valence-electron chi connectivity index (χ0n) is 25.0. The van der Waals surface area contributed by atoms with Gasteiger partial charge < -0.3 is 24.0 Å². The molecule has 9 heteroatoms. The van der Waals surface area contributed by atoms with Crippen LogP contribution in [0.1, 0.15) is 29.8 Å². The first-order valence-corrected chi connectivity index (χ1v) is 16.0. The highest BCUT2D eigenvalue weighted by atomic mass is 35.5. The van der Waals surface area contributed by atoms with Gasteiger partial charge in [-0.1, -0.05) is 66.2 Å². The molecule has 0 N–H and O–H groups in total. The van der Waals surface area contributed by atoms with Crippen LogP contribution < -0.4 is 14.5 Å². The van der Waals surface area contributed by atoms with Gasteiger partial charge in [0.1, 0.15) is 12.4 Å². The number of halogens is 1. The number of ether oxygens (including phenoxy) is 1. The van der Waals surface area contributed by atoms with Crippen molar-refractivity contribution in [2.45, 2.75) is 44.9 Å². The molecule has 0 unspecified atom stereocenters. The van der Waals surface area contributed by atoms with Gasteiger partial charge in [-0.15, -0.1) is 0 Å². The molecule has 3 aliphatic rings. The summed E-state index contributed by atoms with van der Waals surface area (Å²) in [5.41, 5.74) is 6.78. The number of imidazole rings is 1. The van der Waals surface area contributed by atoms with Gasteiger partial charge in [0.2, 0.25) is 0 Å². The van der Waals surface area contributed by atoms with Gasteiger partial charge in [-0.05, 0) is 50.4 Å². The third kappa shape index (κ3) is 4.96. The molecule has 2 aromatic heterocycles. The fourth-order valence-corrected chi connectivity index (χ4v) is 7.37. The summed E-state index contributed by atoms with van der Waals surface area (Å²) >= 11 is 6.75. The van der Waals surface area contributed by atoms with Crippen molar-refractivity contribution >= 4 is 33.9 Å². The van der Waals surface area contributed by atoms with Crippen LogP contribution in [0.4, 0.5) is 11.5 Å². The predicted octanol–water partition coefficient (Wildman–Crippen LogP) is 6.20. The average Bonchev–Trinajstić information content (AvgIpc) is 3.68. The van der Waals surface area contributed by atoms with Crippen LogP contribution in [0.15, 0.2) is 73.1 Å². The first-order chi connectivity index (χ1) is 21.6. The number of rotatable bonds is 6. The van der Waals surface area contributed by atoms with Crippen molar-refractivity contribution in [1.29, 1.82) is 0 Å². The van der Waals surface area contributed by atoms with E-state index in [1.165, 1.54) is 17.7 Å². The first-order valence-electron chi connectivity index (χ1n) is 15.6. The monoisotopic (exact) mass is 605 g/mol. The van der Waals surface area contributed by atoms with E-state index in [4.69, 9.17) is 31.3 Å². The van der Waals surface area contributed by atoms with Gasteiger partial charge >= 0.3 is 6.01 Å². The van der Waals surface area contributed by atoms with Crippen LogP contribution in [0.3, 0.4) is 0 Å². The lowest BCUT2D eigenvalue weighted by molar-refractivity contribution is 0.187. The van der Waals surface area contributed by atoms with E-state index in [9.17, 15) is 0 Å². The fourth-order valence-electron chi connectivity index (χ4n) is 7.09. The Morgan fingerprint density at radius 3 is 2.59 bits per heavy atom. The number of aromatic nitrogens is 4. The molecule has 8 nitrogen and oxygen atoms in total. The van der Waals surface area contributed by atoms with E-state index < -0.39 is 0 Å². The Labute approximate surface area is 262 Å². The predicted molar refractivity (Wildman–Crippen MR) is 176 cm³/mol. The minimum Gasteiger partial charge on any atom is -0.462 e. The van der Waals surface area contributed by atoms with Gasteiger partial charge in [0.05, 0.1) is 41.5 Å². The van der Waals surface area contributed by atoms with Crippen LogP contribution in [-0.4, -0.2) is 63.7 Å². The highest BCUT2D eigenvalue weighted by molar-refractivity contribution is 6.36. The Hall–Kier alpha value is -4.14. The zero-order chi connectivity index (χ0) is 29.6. The highest BCUT2D eigenvalue weighted by Gasteiger charge is 2.30. The minimum atomic E-state index is 0.394. The second kappa shape index (κ2) is 11.4. The molecule has 0 radical (unpaired) electrons. The maximum Gasteiger partial charge on any atom is 0.318 e. The van der Waals surface area contributed by atoms with Gasteiger partial charge in [0.25, 0.3) is 0 Å². The number of nitrogens with zero attached hydrogens (tertiary/aromatic N) is 7. The summed E-state index contributed by atoms with van der Waals surface area (Å²) in [5.74, 6) is 0.992. The van der Waals surface area contributed by atoms with Crippen molar-refractivity contribution in [2.24, 2.45) is 0 Å². The van der Waals surface area contributed by atoms with E-state index in [0.717, 1.165) is 89.8 Å². The SMILES string of the molecule is CN1CCC[C@H]1COc1nc2c(c(N3CCn4cnc(-c5ccccc5)c4C3)n1)CCN(c1cccc3cccc(Cl)c13)C2. The molecule has 5 aromatic rings. The molecule has 1 saturated heterocycles. The summed E-state index contributed by atoms with van der Waals surface area (Å²) in [6, 6.07) is 23.8.